The van der Waals surface area contributed by atoms with Gasteiger partial charge in [-0.15, -0.1) is 0 Å². The zero-order valence-corrected chi connectivity index (χ0v) is 10.1. The number of hydrogen-bond acceptors (Lipinski definition) is 2. The molecule has 1 aromatic rings. The molecule has 0 aliphatic rings. The van der Waals surface area contributed by atoms with Crippen molar-refractivity contribution >= 4 is 33.2 Å². The van der Waals surface area contributed by atoms with Gasteiger partial charge in [0.2, 0.25) is 0 Å². The average molecular weight is 274 g/mol. The first-order chi connectivity index (χ1) is 6.61. The summed E-state index contributed by atoms with van der Waals surface area (Å²) in [5.41, 5.74) is 0.923. The number of nitrogens with zero attached hydrogens (tertiary/aromatic N) is 1. The van der Waals surface area contributed by atoms with Crippen LogP contribution in [0.1, 0.15) is 13.3 Å². The summed E-state index contributed by atoms with van der Waals surface area (Å²) >= 11 is 9.23. The van der Waals surface area contributed by atoms with Gasteiger partial charge in [-0.1, -0.05) is 27.5 Å². The molecule has 0 aliphatic carbocycles. The van der Waals surface area contributed by atoms with Crippen molar-refractivity contribution in [1.82, 2.24) is 0 Å². The number of hydrogen-bond donors (Lipinski definition) is 1. The third kappa shape index (κ3) is 3.57. The fraction of sp³-hybridized carbons (Fsp3) is 0.300. The van der Waals surface area contributed by atoms with Gasteiger partial charge in [0.25, 0.3) is 0 Å². The lowest BCUT2D eigenvalue weighted by Gasteiger charge is -2.12. The molecule has 0 aliphatic heterocycles. The lowest BCUT2D eigenvalue weighted by molar-refractivity contribution is 0.821. The van der Waals surface area contributed by atoms with Gasteiger partial charge in [0, 0.05) is 21.2 Å². The van der Waals surface area contributed by atoms with Gasteiger partial charge in [-0.25, -0.2) is 0 Å². The number of halogens is 2. The van der Waals surface area contributed by atoms with Crippen molar-refractivity contribution in [2.75, 3.05) is 5.32 Å². The van der Waals surface area contributed by atoms with E-state index in [2.05, 4.69) is 27.3 Å². The maximum atomic E-state index is 8.50. The monoisotopic (exact) mass is 272 g/mol. The van der Waals surface area contributed by atoms with Crippen LogP contribution in [0.4, 0.5) is 5.69 Å². The van der Waals surface area contributed by atoms with E-state index in [9.17, 15) is 0 Å². The normalized spacial score (nSPS) is 11.9. The molecule has 1 atom stereocenters. The van der Waals surface area contributed by atoms with Crippen molar-refractivity contribution in [3.63, 3.8) is 0 Å². The minimum Gasteiger partial charge on any atom is -0.381 e. The van der Waals surface area contributed by atoms with Gasteiger partial charge in [-0.05, 0) is 25.1 Å². The zero-order chi connectivity index (χ0) is 10.6. The Morgan fingerprint density at radius 3 is 2.86 bits per heavy atom. The van der Waals surface area contributed by atoms with Gasteiger partial charge in [-0.2, -0.15) is 5.26 Å². The van der Waals surface area contributed by atoms with Crippen molar-refractivity contribution < 1.29 is 0 Å². The second-order valence-electron chi connectivity index (χ2n) is 3.07. The van der Waals surface area contributed by atoms with E-state index in [4.69, 9.17) is 16.9 Å². The number of anilines is 1. The Labute approximate surface area is 97.0 Å². The minimum absolute atomic E-state index is 0.130. The molecule has 0 fully saturated rings. The maximum Gasteiger partial charge on any atom is 0.0643 e. The van der Waals surface area contributed by atoms with Crippen LogP contribution in [0.3, 0.4) is 0 Å². The van der Waals surface area contributed by atoms with E-state index in [0.717, 1.165) is 10.2 Å². The number of benzene rings is 1. The van der Waals surface area contributed by atoms with Crippen molar-refractivity contribution in [2.45, 2.75) is 19.4 Å². The SMILES string of the molecule is CC(CC#N)Nc1cc(Cl)cc(Br)c1. The molecule has 1 rings (SSSR count). The van der Waals surface area contributed by atoms with Crippen LogP contribution in [-0.4, -0.2) is 6.04 Å². The van der Waals surface area contributed by atoms with Crippen LogP contribution in [0.5, 0.6) is 0 Å². The highest BCUT2D eigenvalue weighted by Gasteiger charge is 2.02. The van der Waals surface area contributed by atoms with Crippen LogP contribution in [0.2, 0.25) is 5.02 Å². The van der Waals surface area contributed by atoms with Gasteiger partial charge < -0.3 is 5.32 Å². The van der Waals surface area contributed by atoms with Crippen LogP contribution in [0.15, 0.2) is 22.7 Å². The predicted molar refractivity (Wildman–Crippen MR) is 62.5 cm³/mol. The van der Waals surface area contributed by atoms with Crippen molar-refractivity contribution in [3.8, 4) is 6.07 Å². The molecule has 4 heteroatoms. The highest BCUT2D eigenvalue weighted by atomic mass is 79.9. The van der Waals surface area contributed by atoms with E-state index >= 15 is 0 Å². The summed E-state index contributed by atoms with van der Waals surface area (Å²) in [7, 11) is 0. The molecule has 74 valence electrons. The Morgan fingerprint density at radius 2 is 2.29 bits per heavy atom. The van der Waals surface area contributed by atoms with Gasteiger partial charge in [0.15, 0.2) is 0 Å². The first kappa shape index (κ1) is 11.4. The van der Waals surface area contributed by atoms with Gasteiger partial charge >= 0.3 is 0 Å². The van der Waals surface area contributed by atoms with E-state index < -0.39 is 0 Å². The Hall–Kier alpha value is -0.720. The van der Waals surface area contributed by atoms with Gasteiger partial charge in [0.05, 0.1) is 12.5 Å². The average Bonchev–Trinajstić information content (AvgIpc) is 2.01. The van der Waals surface area contributed by atoms with Crippen molar-refractivity contribution in [1.29, 1.82) is 5.26 Å². The largest absolute Gasteiger partial charge is 0.381 e. The van der Waals surface area contributed by atoms with E-state index in [0.29, 0.717) is 11.4 Å². The molecule has 0 bridgehead atoms. The lowest BCUT2D eigenvalue weighted by atomic mass is 10.2. The third-order valence-corrected chi connectivity index (χ3v) is 2.35. The van der Waals surface area contributed by atoms with Crippen molar-refractivity contribution in [2.24, 2.45) is 0 Å². The molecule has 1 aromatic carbocycles. The van der Waals surface area contributed by atoms with Crippen LogP contribution in [0.25, 0.3) is 0 Å². The second-order valence-corrected chi connectivity index (χ2v) is 4.42. The fourth-order valence-corrected chi connectivity index (χ4v) is 1.97. The molecule has 1 N–H and O–H groups in total. The standard InChI is InChI=1S/C10H10BrClN2/c1-7(2-3-13)14-10-5-8(11)4-9(12)6-10/h4-7,14H,2H2,1H3. The topological polar surface area (TPSA) is 35.8 Å². The first-order valence-corrected chi connectivity index (χ1v) is 5.38. The highest BCUT2D eigenvalue weighted by molar-refractivity contribution is 9.10. The molecule has 0 heterocycles. The summed E-state index contributed by atoms with van der Waals surface area (Å²) in [4.78, 5) is 0. The summed E-state index contributed by atoms with van der Waals surface area (Å²) < 4.78 is 0.927. The van der Waals surface area contributed by atoms with E-state index in [-0.39, 0.29) is 6.04 Å². The summed E-state index contributed by atoms with van der Waals surface area (Å²) in [5.74, 6) is 0. The Morgan fingerprint density at radius 1 is 1.57 bits per heavy atom. The smallest absolute Gasteiger partial charge is 0.0643 e. The van der Waals surface area contributed by atoms with Crippen LogP contribution in [-0.2, 0) is 0 Å². The summed E-state index contributed by atoms with van der Waals surface area (Å²) in [6.07, 6.45) is 0.476. The summed E-state index contributed by atoms with van der Waals surface area (Å²) in [6.45, 7) is 1.96. The van der Waals surface area contributed by atoms with E-state index in [1.54, 1.807) is 0 Å². The Kier molecular flexibility index (Phi) is 4.24. The Balaban J connectivity index is 2.72. The fourth-order valence-electron chi connectivity index (χ4n) is 1.11. The molecular formula is C10H10BrClN2. The van der Waals surface area contributed by atoms with E-state index in [1.807, 2.05) is 25.1 Å². The molecule has 14 heavy (non-hydrogen) atoms. The molecule has 1 unspecified atom stereocenters. The number of nitrogens with one attached hydrogen (secondary N) is 1. The second kappa shape index (κ2) is 5.23. The summed E-state index contributed by atoms with van der Waals surface area (Å²) in [6, 6.07) is 7.82. The van der Waals surface area contributed by atoms with Crippen LogP contribution < -0.4 is 5.32 Å². The van der Waals surface area contributed by atoms with Crippen LogP contribution in [0, 0.1) is 11.3 Å². The minimum atomic E-state index is 0.130. The van der Waals surface area contributed by atoms with E-state index in [1.165, 1.54) is 0 Å². The molecular weight excluding hydrogens is 263 g/mol. The molecule has 2 nitrogen and oxygen atoms in total. The zero-order valence-electron chi connectivity index (χ0n) is 7.72. The number of nitriles is 1. The maximum absolute atomic E-state index is 8.50. The quantitative estimate of drug-likeness (QED) is 0.909. The molecule has 0 saturated heterocycles. The van der Waals surface area contributed by atoms with Gasteiger partial charge in [0.1, 0.15) is 0 Å². The van der Waals surface area contributed by atoms with Gasteiger partial charge in [-0.3, -0.25) is 0 Å². The summed E-state index contributed by atoms with van der Waals surface area (Å²) in [5, 5.41) is 12.4. The highest BCUT2D eigenvalue weighted by Crippen LogP contribution is 2.23. The molecule has 0 aromatic heterocycles. The van der Waals surface area contributed by atoms with Crippen LogP contribution >= 0.6 is 27.5 Å². The molecule has 0 amide bonds. The molecule has 0 radical (unpaired) electrons. The third-order valence-electron chi connectivity index (χ3n) is 1.67. The van der Waals surface area contributed by atoms with Crippen molar-refractivity contribution in [3.05, 3.63) is 27.7 Å². The number of rotatable bonds is 3. The molecule has 0 saturated carbocycles. The molecule has 0 spiro atoms. The first-order valence-electron chi connectivity index (χ1n) is 4.21. The lowest BCUT2D eigenvalue weighted by Crippen LogP contribution is -2.13. The predicted octanol–water partition coefficient (Wildman–Crippen LogP) is 3.82. The Bertz CT molecular complexity index is 339.